The van der Waals surface area contributed by atoms with Gasteiger partial charge in [-0.25, -0.2) is 0 Å². The summed E-state index contributed by atoms with van der Waals surface area (Å²) in [5.41, 5.74) is 27.1. The van der Waals surface area contributed by atoms with Crippen molar-refractivity contribution in [3.63, 3.8) is 0 Å². The van der Waals surface area contributed by atoms with E-state index in [1.54, 1.807) is 0 Å². The van der Waals surface area contributed by atoms with Gasteiger partial charge in [-0.3, -0.25) is 0 Å². The molecule has 10 aromatic rings. The Kier molecular flexibility index (Phi) is 14.5. The maximum atomic E-state index is 7.32. The lowest BCUT2D eigenvalue weighted by Gasteiger charge is -2.35. The van der Waals surface area contributed by atoms with E-state index in [0.717, 1.165) is 84.1 Å². The number of ether oxygens (including phenoxy) is 2. The molecule has 0 bridgehead atoms. The molecule has 0 fully saturated rings. The lowest BCUT2D eigenvalue weighted by Crippen LogP contribution is -2.57. The van der Waals surface area contributed by atoms with Crippen LogP contribution in [0.2, 0.25) is 0 Å². The Morgan fingerprint density at radius 1 is 0.230 bits per heavy atom. The van der Waals surface area contributed by atoms with E-state index in [1.165, 1.54) is 66.6 Å². The van der Waals surface area contributed by atoms with Crippen molar-refractivity contribution in [2.24, 2.45) is 0 Å². The van der Waals surface area contributed by atoms with Crippen LogP contribution in [0, 0.1) is 0 Å². The first-order valence-corrected chi connectivity index (χ1v) is 31.6. The molecule has 2 nitrogen and oxygen atoms in total. The third-order valence-electron chi connectivity index (χ3n) is 18.4. The molecule has 12 rings (SSSR count). The Hall–Kier alpha value is -8.14. The first-order valence-electron chi connectivity index (χ1n) is 31.6. The number of fused-ring (bicyclic) bond motifs is 4. The molecule has 87 heavy (non-hydrogen) atoms. The van der Waals surface area contributed by atoms with Gasteiger partial charge in [0.05, 0.1) is 0 Å². The molecule has 2 heterocycles. The molecule has 10 aromatic carbocycles. The fourth-order valence-corrected chi connectivity index (χ4v) is 12.8. The minimum absolute atomic E-state index is 0.0230. The summed E-state index contributed by atoms with van der Waals surface area (Å²) in [7, 11) is 0. The summed E-state index contributed by atoms with van der Waals surface area (Å²) in [5.74, 6) is 3.39. The van der Waals surface area contributed by atoms with Crippen LogP contribution in [0.25, 0.3) is 77.9 Å². The molecular formula is C84H87BO2. The van der Waals surface area contributed by atoms with Crippen LogP contribution in [-0.2, 0) is 32.5 Å². The largest absolute Gasteiger partial charge is 0.458 e. The monoisotopic (exact) mass is 1140 g/mol. The highest BCUT2D eigenvalue weighted by Crippen LogP contribution is 2.48. The second-order valence-corrected chi connectivity index (χ2v) is 31.2. The van der Waals surface area contributed by atoms with Crippen LogP contribution >= 0.6 is 0 Å². The van der Waals surface area contributed by atoms with Crippen molar-refractivity contribution >= 4 is 23.1 Å². The van der Waals surface area contributed by atoms with Crippen LogP contribution in [0.3, 0.4) is 0 Å². The predicted molar refractivity (Wildman–Crippen MR) is 374 cm³/mol. The highest BCUT2D eigenvalue weighted by molar-refractivity contribution is 6.98. The van der Waals surface area contributed by atoms with Crippen molar-refractivity contribution in [1.82, 2.24) is 0 Å². The molecule has 0 N–H and O–H groups in total. The van der Waals surface area contributed by atoms with Crippen molar-refractivity contribution in [3.05, 3.63) is 234 Å². The summed E-state index contributed by atoms with van der Waals surface area (Å²) in [4.78, 5) is 0. The first-order chi connectivity index (χ1) is 40.8. The second-order valence-electron chi connectivity index (χ2n) is 31.2. The third kappa shape index (κ3) is 11.7. The fraction of sp³-hybridized carbons (Fsp3) is 0.286. The molecule has 0 saturated heterocycles. The van der Waals surface area contributed by atoms with E-state index < -0.39 is 0 Å². The third-order valence-corrected chi connectivity index (χ3v) is 18.4. The zero-order valence-corrected chi connectivity index (χ0v) is 54.9. The molecule has 438 valence electrons. The Bertz CT molecular complexity index is 3840. The standard InChI is InChI=1S/C84H87BO2/c1-79(2,3)63-30-22-52(23-31-63)56-42-57(53-24-32-64(33-25-53)80(4,5)6)45-60(44-56)69-20-19-21-70(61-46-58(54-26-34-65(35-27-54)81(7,8)9)43-59(47-61)55-28-36-66(37-29-55)82(10,11)12)77(69)62-48-75-78-76(49-62)87-74-41-39-68(84(16,17)18)51-72(74)85(78)71-50-67(83(13,14)15)38-40-73(71)86-75/h19-51H,1-18H3. The van der Waals surface area contributed by atoms with Crippen molar-refractivity contribution in [1.29, 1.82) is 0 Å². The minimum atomic E-state index is -0.0990. The molecule has 0 spiro atoms. The summed E-state index contributed by atoms with van der Waals surface area (Å²) in [6, 6.07) is 76.6. The van der Waals surface area contributed by atoms with Crippen molar-refractivity contribution in [3.8, 4) is 101 Å². The van der Waals surface area contributed by atoms with Gasteiger partial charge in [-0.15, -0.1) is 0 Å². The molecule has 0 aromatic heterocycles. The molecule has 0 saturated carbocycles. The van der Waals surface area contributed by atoms with Gasteiger partial charge in [0.25, 0.3) is 6.71 Å². The molecular weight excluding hydrogens is 1050 g/mol. The van der Waals surface area contributed by atoms with Crippen LogP contribution in [0.15, 0.2) is 200 Å². The van der Waals surface area contributed by atoms with E-state index in [0.29, 0.717) is 0 Å². The average molecular weight is 1140 g/mol. The number of benzene rings is 10. The molecule has 0 atom stereocenters. The van der Waals surface area contributed by atoms with Gasteiger partial charge in [-0.05, 0) is 215 Å². The zero-order chi connectivity index (χ0) is 61.9. The van der Waals surface area contributed by atoms with Gasteiger partial charge in [0.2, 0.25) is 0 Å². The van der Waals surface area contributed by atoms with Crippen LogP contribution in [0.4, 0.5) is 0 Å². The number of rotatable bonds is 7. The molecule has 0 amide bonds. The molecule has 2 aliphatic rings. The van der Waals surface area contributed by atoms with Gasteiger partial charge in [0.15, 0.2) is 0 Å². The van der Waals surface area contributed by atoms with Crippen molar-refractivity contribution < 1.29 is 9.47 Å². The smallest absolute Gasteiger partial charge is 0.260 e. The van der Waals surface area contributed by atoms with Crippen LogP contribution in [-0.4, -0.2) is 6.71 Å². The average Bonchev–Trinajstić information content (AvgIpc) is 0.795. The van der Waals surface area contributed by atoms with Gasteiger partial charge in [0, 0.05) is 5.46 Å². The van der Waals surface area contributed by atoms with Crippen molar-refractivity contribution in [2.75, 3.05) is 0 Å². The first kappa shape index (κ1) is 59.2. The van der Waals surface area contributed by atoms with E-state index in [1.807, 2.05) is 0 Å². The fourth-order valence-electron chi connectivity index (χ4n) is 12.8. The Morgan fingerprint density at radius 2 is 0.494 bits per heavy atom. The van der Waals surface area contributed by atoms with Crippen LogP contribution < -0.4 is 25.9 Å². The van der Waals surface area contributed by atoms with E-state index in [9.17, 15) is 0 Å². The number of hydrogen-bond acceptors (Lipinski definition) is 2. The Labute approximate surface area is 521 Å². The molecule has 3 heteroatoms. The molecule has 2 aliphatic heterocycles. The van der Waals surface area contributed by atoms with Crippen LogP contribution in [0.5, 0.6) is 23.0 Å². The van der Waals surface area contributed by atoms with Gasteiger partial charge < -0.3 is 9.47 Å². The van der Waals surface area contributed by atoms with E-state index >= 15 is 0 Å². The molecule has 0 radical (unpaired) electrons. The molecule has 0 aliphatic carbocycles. The highest BCUT2D eigenvalue weighted by Gasteiger charge is 2.42. The van der Waals surface area contributed by atoms with E-state index in [2.05, 4.69) is 325 Å². The lowest BCUT2D eigenvalue weighted by atomic mass is 9.34. The maximum Gasteiger partial charge on any atom is 0.260 e. The highest BCUT2D eigenvalue weighted by atomic mass is 16.5. The zero-order valence-electron chi connectivity index (χ0n) is 54.9. The predicted octanol–water partition coefficient (Wildman–Crippen LogP) is 21.9. The summed E-state index contributed by atoms with van der Waals surface area (Å²) >= 11 is 0. The van der Waals surface area contributed by atoms with E-state index in [-0.39, 0.29) is 39.2 Å². The SMILES string of the molecule is CC(C)(C)c1ccc(-c2cc(-c3ccc(C(C)(C)C)cc3)cc(-c3cccc(-c4cc(-c5ccc(C(C)(C)C)cc5)cc(-c5ccc(C(C)(C)C)cc5)c4)c3-c3cc4c5c(c3)Oc3ccc(C(C)(C)C)cc3B5c3cc(C(C)(C)C)ccc3O4)c2)cc1. The summed E-state index contributed by atoms with van der Waals surface area (Å²) < 4.78 is 14.6. The quantitative estimate of drug-likeness (QED) is 0.148. The second kappa shape index (κ2) is 21.3. The van der Waals surface area contributed by atoms with Gasteiger partial charge in [-0.1, -0.05) is 264 Å². The lowest BCUT2D eigenvalue weighted by molar-refractivity contribution is 0.464. The van der Waals surface area contributed by atoms with Crippen molar-refractivity contribution in [2.45, 2.75) is 157 Å². The topological polar surface area (TPSA) is 18.5 Å². The summed E-state index contributed by atoms with van der Waals surface area (Å²) in [6.45, 7) is 41.1. The van der Waals surface area contributed by atoms with E-state index in [4.69, 9.17) is 9.47 Å². The van der Waals surface area contributed by atoms with Crippen LogP contribution in [0.1, 0.15) is 158 Å². The summed E-state index contributed by atoms with van der Waals surface area (Å²) in [6.07, 6.45) is 0. The number of hydrogen-bond donors (Lipinski definition) is 0. The Morgan fingerprint density at radius 3 is 0.770 bits per heavy atom. The van der Waals surface area contributed by atoms with Gasteiger partial charge in [0.1, 0.15) is 23.0 Å². The minimum Gasteiger partial charge on any atom is -0.458 e. The summed E-state index contributed by atoms with van der Waals surface area (Å²) in [5, 5.41) is 0. The van der Waals surface area contributed by atoms with Gasteiger partial charge in [-0.2, -0.15) is 0 Å². The normalized spacial score (nSPS) is 13.3. The molecule has 0 unspecified atom stereocenters. The Balaban J connectivity index is 1.15. The van der Waals surface area contributed by atoms with Gasteiger partial charge >= 0.3 is 0 Å². The maximum absolute atomic E-state index is 7.32.